The van der Waals surface area contributed by atoms with Crippen molar-refractivity contribution in [2.24, 2.45) is 0 Å². The molecule has 0 heterocycles. The third kappa shape index (κ3) is 6.84. The summed E-state index contributed by atoms with van der Waals surface area (Å²) in [4.78, 5) is 10.2. The highest BCUT2D eigenvalue weighted by Gasteiger charge is 2.51. The Bertz CT molecular complexity index is 218. The zero-order valence-corrected chi connectivity index (χ0v) is 10.9. The number of alkyl halides is 6. The van der Waals surface area contributed by atoms with Gasteiger partial charge in [-0.05, 0) is 11.6 Å². The number of rotatable bonds is 5. The summed E-state index contributed by atoms with van der Waals surface area (Å²) in [6.45, 7) is 0. The molecule has 1 unspecified atom stereocenters. The predicted octanol–water partition coefficient (Wildman–Crippen LogP) is 3.89. The lowest BCUT2D eigenvalue weighted by molar-refractivity contribution is -0.137. The van der Waals surface area contributed by atoms with Crippen molar-refractivity contribution in [3.63, 3.8) is 0 Å². The van der Waals surface area contributed by atoms with Crippen LogP contribution in [-0.4, -0.2) is 26.2 Å². The average molecular weight is 326 g/mol. The Morgan fingerprint density at radius 2 is 1.73 bits per heavy atom. The van der Waals surface area contributed by atoms with Gasteiger partial charge in [0.1, 0.15) is 0 Å². The summed E-state index contributed by atoms with van der Waals surface area (Å²) >= 11 is 20.4. The van der Waals surface area contributed by atoms with Crippen molar-refractivity contribution in [2.75, 3.05) is 0 Å². The molecule has 0 aromatic rings. The van der Waals surface area contributed by atoms with Crippen molar-refractivity contribution in [1.29, 1.82) is 0 Å². The van der Waals surface area contributed by atoms with Gasteiger partial charge in [-0.1, -0.05) is 23.2 Å². The molecule has 0 bridgehead atoms. The van der Waals surface area contributed by atoms with Crippen LogP contribution in [0.4, 0.5) is 8.78 Å². The van der Waals surface area contributed by atoms with Crippen molar-refractivity contribution >= 4 is 64.8 Å². The largest absolute Gasteiger partial charge is 0.481 e. The Balaban J connectivity index is 0. The van der Waals surface area contributed by atoms with Gasteiger partial charge < -0.3 is 5.11 Å². The fourth-order valence-electron chi connectivity index (χ4n) is 0.656. The van der Waals surface area contributed by atoms with Gasteiger partial charge in [-0.25, -0.2) is 0 Å². The van der Waals surface area contributed by atoms with Crippen molar-refractivity contribution in [1.82, 2.24) is 0 Å². The molecule has 15 heavy (non-hydrogen) atoms. The first-order valence-corrected chi connectivity index (χ1v) is 4.93. The van der Waals surface area contributed by atoms with Crippen LogP contribution in [0.3, 0.4) is 0 Å². The predicted molar refractivity (Wildman–Crippen MR) is 59.0 cm³/mol. The molecular formula is C6H7Cl5F2O2. The molecule has 9 heteroatoms. The number of carboxylic acid groups (broad SMARTS) is 1. The summed E-state index contributed by atoms with van der Waals surface area (Å²) in [7, 11) is 0. The first kappa shape index (κ1) is 18.2. The third-order valence-corrected chi connectivity index (χ3v) is 2.90. The molecule has 2 nitrogen and oxygen atoms in total. The van der Waals surface area contributed by atoms with E-state index < -0.39 is 33.9 Å². The summed E-state index contributed by atoms with van der Waals surface area (Å²) < 4.78 is 22.4. The molecule has 92 valence electrons. The molecule has 0 aromatic heterocycles. The van der Waals surface area contributed by atoms with Crippen molar-refractivity contribution < 1.29 is 18.7 Å². The molecule has 0 rings (SSSR count). The molecule has 0 fully saturated rings. The molecule has 0 amide bonds. The highest BCUT2D eigenvalue weighted by Crippen LogP contribution is 2.45. The second kappa shape index (κ2) is 6.50. The molecule has 0 aliphatic carbocycles. The maximum absolute atomic E-state index is 12.5. The van der Waals surface area contributed by atoms with Crippen LogP contribution < -0.4 is 0 Å². The Labute approximate surface area is 111 Å². The van der Waals surface area contributed by atoms with Crippen LogP contribution in [0.25, 0.3) is 0 Å². The summed E-state index contributed by atoms with van der Waals surface area (Å²) in [5.74, 6) is -1.23. The number of halogens is 7. The van der Waals surface area contributed by atoms with Gasteiger partial charge in [0.15, 0.2) is 4.33 Å². The van der Waals surface area contributed by atoms with Gasteiger partial charge in [0, 0.05) is 11.8 Å². The lowest BCUT2D eigenvalue weighted by Gasteiger charge is -2.25. The summed E-state index contributed by atoms with van der Waals surface area (Å²) in [6, 6.07) is 0. The van der Waals surface area contributed by atoms with E-state index in [1.165, 1.54) is 0 Å². The normalized spacial score (nSPS) is 14.3. The highest BCUT2D eigenvalue weighted by atomic mass is 35.5. The van der Waals surface area contributed by atoms with E-state index in [4.69, 9.17) is 39.9 Å². The SMILES string of the molecule is Cl.O=C(O)CC(Cl)CC(Cl)(Cl)C(F)(F)Cl. The van der Waals surface area contributed by atoms with Gasteiger partial charge in [0.25, 0.3) is 0 Å². The van der Waals surface area contributed by atoms with Crippen LogP contribution in [0, 0.1) is 0 Å². The van der Waals surface area contributed by atoms with E-state index in [0.29, 0.717) is 0 Å². The number of hydrogen-bond acceptors (Lipinski definition) is 1. The lowest BCUT2D eigenvalue weighted by atomic mass is 10.2. The first-order valence-electron chi connectivity index (χ1n) is 3.36. The molecule has 1 N–H and O–H groups in total. The number of carbonyl (C=O) groups is 1. The maximum atomic E-state index is 12.5. The molecule has 0 saturated carbocycles. The van der Waals surface area contributed by atoms with Crippen molar-refractivity contribution in [2.45, 2.75) is 27.9 Å². The smallest absolute Gasteiger partial charge is 0.354 e. The molecule has 0 aliphatic heterocycles. The zero-order chi connectivity index (χ0) is 11.6. The fraction of sp³-hybridized carbons (Fsp3) is 0.833. The molecule has 0 radical (unpaired) electrons. The summed E-state index contributed by atoms with van der Waals surface area (Å²) in [5, 5.41) is 3.33. The molecular weight excluding hydrogens is 319 g/mol. The van der Waals surface area contributed by atoms with E-state index in [2.05, 4.69) is 11.6 Å². The van der Waals surface area contributed by atoms with Crippen molar-refractivity contribution in [3.05, 3.63) is 0 Å². The van der Waals surface area contributed by atoms with Gasteiger partial charge in [-0.15, -0.1) is 24.0 Å². The lowest BCUT2D eigenvalue weighted by Crippen LogP contribution is -2.35. The molecule has 0 aliphatic rings. The van der Waals surface area contributed by atoms with Gasteiger partial charge >= 0.3 is 11.4 Å². The molecule has 0 spiro atoms. The van der Waals surface area contributed by atoms with E-state index >= 15 is 0 Å². The second-order valence-corrected chi connectivity index (χ2v) is 5.18. The zero-order valence-electron chi connectivity index (χ0n) is 7.02. The van der Waals surface area contributed by atoms with Gasteiger partial charge in [0.2, 0.25) is 0 Å². The van der Waals surface area contributed by atoms with Crippen LogP contribution in [0.2, 0.25) is 0 Å². The van der Waals surface area contributed by atoms with Crippen molar-refractivity contribution in [3.8, 4) is 0 Å². The Morgan fingerprint density at radius 1 is 1.33 bits per heavy atom. The fourth-order valence-corrected chi connectivity index (χ4v) is 1.63. The minimum absolute atomic E-state index is 0. The standard InChI is InChI=1S/C6H6Cl4F2O2.ClH/c7-3(1-4(13)14)2-5(8,9)6(10,11)12;/h3H,1-2H2,(H,13,14);1H. The van der Waals surface area contributed by atoms with Gasteiger partial charge in [-0.2, -0.15) is 8.78 Å². The van der Waals surface area contributed by atoms with E-state index in [0.717, 1.165) is 0 Å². The monoisotopic (exact) mass is 324 g/mol. The Morgan fingerprint density at radius 3 is 2.00 bits per heavy atom. The van der Waals surface area contributed by atoms with Crippen LogP contribution >= 0.6 is 58.8 Å². The Hall–Kier alpha value is 0.780. The van der Waals surface area contributed by atoms with E-state index in [1.54, 1.807) is 0 Å². The van der Waals surface area contributed by atoms with Crippen LogP contribution in [0.1, 0.15) is 12.8 Å². The van der Waals surface area contributed by atoms with Gasteiger partial charge in [-0.3, -0.25) is 4.79 Å². The molecule has 1 atom stereocenters. The van der Waals surface area contributed by atoms with Gasteiger partial charge in [0.05, 0.1) is 6.42 Å². The third-order valence-electron chi connectivity index (χ3n) is 1.29. The number of hydrogen-bond donors (Lipinski definition) is 1. The van der Waals surface area contributed by atoms with E-state index in [9.17, 15) is 13.6 Å². The summed E-state index contributed by atoms with van der Waals surface area (Å²) in [6.07, 6.45) is -1.14. The topological polar surface area (TPSA) is 37.3 Å². The Kier molecular flexibility index (Phi) is 7.87. The number of aliphatic carboxylic acids is 1. The minimum atomic E-state index is -3.86. The van der Waals surface area contributed by atoms with Crippen LogP contribution in [0.5, 0.6) is 0 Å². The molecule has 0 aromatic carbocycles. The maximum Gasteiger partial charge on any atom is 0.354 e. The first-order chi connectivity index (χ1) is 6.06. The van der Waals surface area contributed by atoms with E-state index in [-0.39, 0.29) is 12.4 Å². The average Bonchev–Trinajstić information content (AvgIpc) is 1.79. The summed E-state index contributed by atoms with van der Waals surface area (Å²) in [5.41, 5.74) is 0. The number of carboxylic acids is 1. The van der Waals surface area contributed by atoms with Crippen LogP contribution in [-0.2, 0) is 4.79 Å². The minimum Gasteiger partial charge on any atom is -0.481 e. The van der Waals surface area contributed by atoms with E-state index in [1.807, 2.05) is 0 Å². The highest BCUT2D eigenvalue weighted by molar-refractivity contribution is 6.53. The quantitative estimate of drug-likeness (QED) is 0.778. The second-order valence-electron chi connectivity index (χ2n) is 2.60. The van der Waals surface area contributed by atoms with Crippen LogP contribution in [0.15, 0.2) is 0 Å². The molecule has 0 saturated heterocycles.